The van der Waals surface area contributed by atoms with Crippen LogP contribution in [0, 0.1) is 5.92 Å². The average molecular weight is 271 g/mol. The van der Waals surface area contributed by atoms with Crippen molar-refractivity contribution in [2.75, 3.05) is 0 Å². The molecule has 4 heteroatoms. The molecule has 0 aromatic heterocycles. The quantitative estimate of drug-likeness (QED) is 0.850. The fourth-order valence-corrected chi connectivity index (χ4v) is 2.79. The van der Waals surface area contributed by atoms with Gasteiger partial charge in [0.1, 0.15) is 0 Å². The van der Waals surface area contributed by atoms with Crippen molar-refractivity contribution in [2.24, 2.45) is 5.92 Å². The maximum Gasteiger partial charge on any atom is 0.416 e. The highest BCUT2D eigenvalue weighted by atomic mass is 19.4. The number of benzene rings is 1. The molecule has 1 aromatic rings. The molecule has 3 atom stereocenters. The Bertz CT molecular complexity index is 428. The predicted molar refractivity (Wildman–Crippen MR) is 69.8 cm³/mol. The molecule has 0 spiro atoms. The van der Waals surface area contributed by atoms with Crippen LogP contribution in [0.2, 0.25) is 0 Å². The third kappa shape index (κ3) is 3.72. The summed E-state index contributed by atoms with van der Waals surface area (Å²) in [5.41, 5.74) is 0.132. The molecule has 2 rings (SSSR count). The fourth-order valence-electron chi connectivity index (χ4n) is 2.79. The summed E-state index contributed by atoms with van der Waals surface area (Å²) < 4.78 is 38.0. The summed E-state index contributed by atoms with van der Waals surface area (Å²) in [6, 6.07) is 5.99. The number of halogens is 3. The van der Waals surface area contributed by atoms with E-state index in [0.29, 0.717) is 17.5 Å². The number of rotatable bonds is 3. The molecule has 0 saturated heterocycles. The topological polar surface area (TPSA) is 12.0 Å². The van der Waals surface area contributed by atoms with E-state index in [9.17, 15) is 13.2 Å². The molecule has 0 amide bonds. The van der Waals surface area contributed by atoms with Crippen LogP contribution in [0.3, 0.4) is 0 Å². The molecule has 106 valence electrons. The van der Waals surface area contributed by atoms with E-state index in [2.05, 4.69) is 12.2 Å². The molecule has 1 aromatic carbocycles. The zero-order valence-electron chi connectivity index (χ0n) is 11.3. The van der Waals surface area contributed by atoms with Gasteiger partial charge in [0.05, 0.1) is 5.56 Å². The van der Waals surface area contributed by atoms with Crippen LogP contribution in [0.25, 0.3) is 0 Å². The number of hydrogen-bond donors (Lipinski definition) is 1. The lowest BCUT2D eigenvalue weighted by Crippen LogP contribution is -2.29. The smallest absolute Gasteiger partial charge is 0.307 e. The van der Waals surface area contributed by atoms with E-state index in [-0.39, 0.29) is 6.04 Å². The zero-order chi connectivity index (χ0) is 14.0. The lowest BCUT2D eigenvalue weighted by Gasteiger charge is -2.20. The van der Waals surface area contributed by atoms with Crippen LogP contribution in [0.15, 0.2) is 24.3 Å². The molecule has 0 heterocycles. The second-order valence-electron chi connectivity index (χ2n) is 5.63. The highest BCUT2D eigenvalue weighted by Gasteiger charge is 2.31. The second-order valence-corrected chi connectivity index (χ2v) is 5.63. The summed E-state index contributed by atoms with van der Waals surface area (Å²) in [5, 5.41) is 3.44. The molecule has 1 aliphatic rings. The first-order valence-electron chi connectivity index (χ1n) is 6.79. The second kappa shape index (κ2) is 5.53. The van der Waals surface area contributed by atoms with Crippen molar-refractivity contribution >= 4 is 0 Å². The minimum absolute atomic E-state index is 0.0439. The number of hydrogen-bond acceptors (Lipinski definition) is 1. The summed E-state index contributed by atoms with van der Waals surface area (Å²) in [7, 11) is 0. The zero-order valence-corrected chi connectivity index (χ0v) is 11.3. The van der Waals surface area contributed by atoms with Gasteiger partial charge in [-0.3, -0.25) is 0 Å². The first kappa shape index (κ1) is 14.4. The summed E-state index contributed by atoms with van der Waals surface area (Å²) in [6.07, 6.45) is -0.835. The molecule has 0 aliphatic heterocycles. The summed E-state index contributed by atoms with van der Waals surface area (Å²) in [6.45, 7) is 4.15. The lowest BCUT2D eigenvalue weighted by molar-refractivity contribution is -0.137. The molecule has 1 saturated carbocycles. The van der Waals surface area contributed by atoms with Crippen LogP contribution in [-0.2, 0) is 6.18 Å². The van der Waals surface area contributed by atoms with E-state index in [1.165, 1.54) is 18.6 Å². The Morgan fingerprint density at radius 2 is 2.00 bits per heavy atom. The van der Waals surface area contributed by atoms with Crippen molar-refractivity contribution in [3.63, 3.8) is 0 Å². The SMILES string of the molecule is CC1CCC(NC(C)c2cccc(C(F)(F)F)c2)C1. The Labute approximate surface area is 112 Å². The van der Waals surface area contributed by atoms with Crippen molar-refractivity contribution in [3.8, 4) is 0 Å². The molecular formula is C15H20F3N. The van der Waals surface area contributed by atoms with Gasteiger partial charge in [0.15, 0.2) is 0 Å². The highest BCUT2D eigenvalue weighted by Crippen LogP contribution is 2.31. The highest BCUT2D eigenvalue weighted by molar-refractivity contribution is 5.27. The molecule has 1 fully saturated rings. The summed E-state index contributed by atoms with van der Waals surface area (Å²) in [4.78, 5) is 0. The normalized spacial score (nSPS) is 25.5. The Hall–Kier alpha value is -1.03. The van der Waals surface area contributed by atoms with Crippen LogP contribution in [0.4, 0.5) is 13.2 Å². The predicted octanol–water partition coefficient (Wildman–Crippen LogP) is 4.54. The third-order valence-electron chi connectivity index (χ3n) is 3.89. The van der Waals surface area contributed by atoms with E-state index in [1.54, 1.807) is 6.07 Å². The molecule has 1 aliphatic carbocycles. The van der Waals surface area contributed by atoms with Gasteiger partial charge < -0.3 is 5.32 Å². The van der Waals surface area contributed by atoms with Crippen molar-refractivity contribution in [1.29, 1.82) is 0 Å². The third-order valence-corrected chi connectivity index (χ3v) is 3.89. The van der Waals surface area contributed by atoms with Crippen LogP contribution in [0.1, 0.15) is 50.3 Å². The van der Waals surface area contributed by atoms with E-state index in [4.69, 9.17) is 0 Å². The molecule has 1 nitrogen and oxygen atoms in total. The van der Waals surface area contributed by atoms with Gasteiger partial charge in [-0.2, -0.15) is 13.2 Å². The van der Waals surface area contributed by atoms with Gasteiger partial charge in [-0.15, -0.1) is 0 Å². The molecular weight excluding hydrogens is 251 g/mol. The van der Waals surface area contributed by atoms with Crippen molar-refractivity contribution in [2.45, 2.75) is 51.4 Å². The van der Waals surface area contributed by atoms with Crippen LogP contribution < -0.4 is 5.32 Å². The van der Waals surface area contributed by atoms with Crippen molar-refractivity contribution in [1.82, 2.24) is 5.32 Å². The minimum Gasteiger partial charge on any atom is -0.307 e. The van der Waals surface area contributed by atoms with Crippen LogP contribution >= 0.6 is 0 Å². The minimum atomic E-state index is -4.27. The molecule has 0 bridgehead atoms. The van der Waals surface area contributed by atoms with Gasteiger partial charge >= 0.3 is 6.18 Å². The van der Waals surface area contributed by atoms with E-state index in [1.807, 2.05) is 6.92 Å². The van der Waals surface area contributed by atoms with Crippen molar-refractivity contribution in [3.05, 3.63) is 35.4 Å². The van der Waals surface area contributed by atoms with Crippen molar-refractivity contribution < 1.29 is 13.2 Å². The Morgan fingerprint density at radius 3 is 2.58 bits per heavy atom. The lowest BCUT2D eigenvalue weighted by atomic mass is 10.0. The monoisotopic (exact) mass is 271 g/mol. The van der Waals surface area contributed by atoms with Gasteiger partial charge in [0.25, 0.3) is 0 Å². The van der Waals surface area contributed by atoms with Crippen LogP contribution in [-0.4, -0.2) is 6.04 Å². The van der Waals surface area contributed by atoms with Gasteiger partial charge in [0, 0.05) is 12.1 Å². The Kier molecular flexibility index (Phi) is 4.19. The first-order chi connectivity index (χ1) is 8.86. The van der Waals surface area contributed by atoms with Crippen LogP contribution in [0.5, 0.6) is 0 Å². The van der Waals surface area contributed by atoms with Gasteiger partial charge in [-0.25, -0.2) is 0 Å². The number of alkyl halides is 3. The van der Waals surface area contributed by atoms with Gasteiger partial charge in [-0.1, -0.05) is 19.1 Å². The van der Waals surface area contributed by atoms with Gasteiger partial charge in [-0.05, 0) is 49.8 Å². The largest absolute Gasteiger partial charge is 0.416 e. The molecule has 1 N–H and O–H groups in total. The molecule has 19 heavy (non-hydrogen) atoms. The summed E-state index contributed by atoms with van der Waals surface area (Å²) >= 11 is 0. The maximum absolute atomic E-state index is 12.7. The average Bonchev–Trinajstić information content (AvgIpc) is 2.74. The Morgan fingerprint density at radius 1 is 1.26 bits per heavy atom. The molecule has 0 radical (unpaired) electrons. The first-order valence-corrected chi connectivity index (χ1v) is 6.79. The summed E-state index contributed by atoms with van der Waals surface area (Å²) in [5.74, 6) is 0.714. The van der Waals surface area contributed by atoms with Gasteiger partial charge in [0.2, 0.25) is 0 Å². The number of nitrogens with one attached hydrogen (secondary N) is 1. The van der Waals surface area contributed by atoms with E-state index in [0.717, 1.165) is 18.9 Å². The standard InChI is InChI=1S/C15H20F3N/c1-10-6-7-14(8-10)19-11(2)12-4-3-5-13(9-12)15(16,17)18/h3-5,9-11,14,19H,6-8H2,1-2H3. The maximum atomic E-state index is 12.7. The Balaban J connectivity index is 2.05. The molecule has 3 unspecified atom stereocenters. The van der Waals surface area contributed by atoms with E-state index < -0.39 is 11.7 Å². The van der Waals surface area contributed by atoms with E-state index >= 15 is 0 Å². The fraction of sp³-hybridized carbons (Fsp3) is 0.600.